The first-order chi connectivity index (χ1) is 8.09. The molecule has 1 aromatic rings. The quantitative estimate of drug-likeness (QED) is 0.769. The van der Waals surface area contributed by atoms with E-state index < -0.39 is 0 Å². The Labute approximate surface area is 103 Å². The van der Waals surface area contributed by atoms with E-state index in [2.05, 4.69) is 17.4 Å². The monoisotopic (exact) mass is 235 g/mol. The smallest absolute Gasteiger partial charge is 0.308 e. The standard InChI is InChI=1S/C14H21NO2/c1-11(2)14(16)17-12(3)9-15-10-13-7-5-4-6-8-13/h4-8,11-12,15H,9-10H2,1-3H3. The molecular weight excluding hydrogens is 214 g/mol. The molecule has 1 unspecified atom stereocenters. The predicted octanol–water partition coefficient (Wildman–Crippen LogP) is 2.36. The number of nitrogens with one attached hydrogen (secondary N) is 1. The number of rotatable bonds is 6. The number of hydrogen-bond acceptors (Lipinski definition) is 3. The first-order valence-corrected chi connectivity index (χ1v) is 6.04. The molecule has 0 bridgehead atoms. The summed E-state index contributed by atoms with van der Waals surface area (Å²) in [7, 11) is 0. The number of hydrogen-bond donors (Lipinski definition) is 1. The lowest BCUT2D eigenvalue weighted by Gasteiger charge is -2.15. The Morgan fingerprint density at radius 1 is 1.24 bits per heavy atom. The maximum atomic E-state index is 11.3. The molecule has 17 heavy (non-hydrogen) atoms. The van der Waals surface area contributed by atoms with Crippen molar-refractivity contribution in [3.05, 3.63) is 35.9 Å². The Kier molecular flexibility index (Phi) is 5.70. The van der Waals surface area contributed by atoms with Crippen LogP contribution >= 0.6 is 0 Å². The van der Waals surface area contributed by atoms with E-state index in [1.54, 1.807) is 0 Å². The summed E-state index contributed by atoms with van der Waals surface area (Å²) in [4.78, 5) is 11.3. The molecule has 0 saturated heterocycles. The zero-order valence-corrected chi connectivity index (χ0v) is 10.8. The zero-order valence-electron chi connectivity index (χ0n) is 10.8. The molecule has 94 valence electrons. The Hall–Kier alpha value is -1.35. The highest BCUT2D eigenvalue weighted by Gasteiger charge is 2.12. The Balaban J connectivity index is 2.20. The molecule has 1 atom stereocenters. The highest BCUT2D eigenvalue weighted by molar-refractivity contribution is 5.71. The molecule has 0 amide bonds. The van der Waals surface area contributed by atoms with Gasteiger partial charge in [-0.05, 0) is 12.5 Å². The van der Waals surface area contributed by atoms with Gasteiger partial charge in [0.15, 0.2) is 0 Å². The topological polar surface area (TPSA) is 38.3 Å². The second-order valence-corrected chi connectivity index (χ2v) is 4.52. The van der Waals surface area contributed by atoms with Gasteiger partial charge in [0, 0.05) is 13.1 Å². The van der Waals surface area contributed by atoms with Crippen LogP contribution in [0.1, 0.15) is 26.3 Å². The minimum absolute atomic E-state index is 0.0634. The second kappa shape index (κ2) is 7.07. The molecule has 0 aliphatic rings. The van der Waals surface area contributed by atoms with Gasteiger partial charge in [-0.2, -0.15) is 0 Å². The van der Waals surface area contributed by atoms with Gasteiger partial charge in [-0.15, -0.1) is 0 Å². The number of ether oxygens (including phenoxy) is 1. The molecule has 0 fully saturated rings. The fourth-order valence-electron chi connectivity index (χ4n) is 1.39. The van der Waals surface area contributed by atoms with Crippen molar-refractivity contribution in [1.82, 2.24) is 5.32 Å². The summed E-state index contributed by atoms with van der Waals surface area (Å²) in [6.45, 7) is 7.05. The number of benzene rings is 1. The molecular formula is C14H21NO2. The normalized spacial score (nSPS) is 12.5. The first-order valence-electron chi connectivity index (χ1n) is 6.04. The van der Waals surface area contributed by atoms with Crippen molar-refractivity contribution in [2.75, 3.05) is 6.54 Å². The Morgan fingerprint density at radius 2 is 1.88 bits per heavy atom. The lowest BCUT2D eigenvalue weighted by atomic mass is 10.2. The Morgan fingerprint density at radius 3 is 2.47 bits per heavy atom. The largest absolute Gasteiger partial charge is 0.461 e. The van der Waals surface area contributed by atoms with E-state index in [0.29, 0.717) is 6.54 Å². The van der Waals surface area contributed by atoms with Crippen LogP contribution in [0.5, 0.6) is 0 Å². The molecule has 0 saturated carbocycles. The average Bonchev–Trinajstić information content (AvgIpc) is 2.30. The van der Waals surface area contributed by atoms with Crippen LogP contribution in [0, 0.1) is 5.92 Å². The molecule has 3 heteroatoms. The molecule has 1 aromatic carbocycles. The number of carbonyl (C=O) groups excluding carboxylic acids is 1. The Bertz CT molecular complexity index is 335. The summed E-state index contributed by atoms with van der Waals surface area (Å²) in [5, 5.41) is 3.27. The van der Waals surface area contributed by atoms with Gasteiger partial charge in [0.25, 0.3) is 0 Å². The molecule has 0 spiro atoms. The van der Waals surface area contributed by atoms with Crippen LogP contribution in [0.25, 0.3) is 0 Å². The maximum absolute atomic E-state index is 11.3. The highest BCUT2D eigenvalue weighted by atomic mass is 16.5. The van der Waals surface area contributed by atoms with Gasteiger partial charge in [-0.1, -0.05) is 44.2 Å². The third-order valence-electron chi connectivity index (χ3n) is 2.39. The van der Waals surface area contributed by atoms with E-state index in [0.717, 1.165) is 6.54 Å². The summed E-state index contributed by atoms with van der Waals surface area (Å²) in [6.07, 6.45) is -0.0892. The van der Waals surface area contributed by atoms with Crippen molar-refractivity contribution in [3.8, 4) is 0 Å². The number of carbonyl (C=O) groups is 1. The van der Waals surface area contributed by atoms with Crippen LogP contribution in [-0.2, 0) is 16.1 Å². The van der Waals surface area contributed by atoms with Gasteiger partial charge >= 0.3 is 5.97 Å². The summed E-state index contributed by atoms with van der Waals surface area (Å²) >= 11 is 0. The van der Waals surface area contributed by atoms with Crippen LogP contribution in [0.3, 0.4) is 0 Å². The van der Waals surface area contributed by atoms with Crippen LogP contribution in [0.15, 0.2) is 30.3 Å². The molecule has 0 aliphatic heterocycles. The van der Waals surface area contributed by atoms with E-state index in [9.17, 15) is 4.79 Å². The predicted molar refractivity (Wildman–Crippen MR) is 68.5 cm³/mol. The number of esters is 1. The highest BCUT2D eigenvalue weighted by Crippen LogP contribution is 2.01. The summed E-state index contributed by atoms with van der Waals surface area (Å²) in [5.74, 6) is -0.203. The van der Waals surface area contributed by atoms with Gasteiger partial charge in [-0.25, -0.2) is 0 Å². The average molecular weight is 235 g/mol. The van der Waals surface area contributed by atoms with Gasteiger partial charge in [0.2, 0.25) is 0 Å². The fraction of sp³-hybridized carbons (Fsp3) is 0.500. The third-order valence-corrected chi connectivity index (χ3v) is 2.39. The van der Waals surface area contributed by atoms with Crippen LogP contribution in [0.4, 0.5) is 0 Å². The van der Waals surface area contributed by atoms with Crippen molar-refractivity contribution >= 4 is 5.97 Å². The van der Waals surface area contributed by atoms with Crippen molar-refractivity contribution in [3.63, 3.8) is 0 Å². The van der Waals surface area contributed by atoms with Crippen LogP contribution in [-0.4, -0.2) is 18.6 Å². The minimum Gasteiger partial charge on any atom is -0.461 e. The molecule has 1 rings (SSSR count). The van der Waals surface area contributed by atoms with Crippen molar-refractivity contribution in [2.45, 2.75) is 33.4 Å². The molecule has 0 heterocycles. The lowest BCUT2D eigenvalue weighted by molar-refractivity contribution is -0.151. The third kappa shape index (κ3) is 5.50. The van der Waals surface area contributed by atoms with Gasteiger partial charge < -0.3 is 10.1 Å². The first kappa shape index (κ1) is 13.7. The van der Waals surface area contributed by atoms with Crippen molar-refractivity contribution < 1.29 is 9.53 Å². The molecule has 3 nitrogen and oxygen atoms in total. The summed E-state index contributed by atoms with van der Waals surface area (Å²) in [6, 6.07) is 10.2. The van der Waals surface area contributed by atoms with E-state index in [-0.39, 0.29) is 18.0 Å². The summed E-state index contributed by atoms with van der Waals surface area (Å²) in [5.41, 5.74) is 1.23. The lowest BCUT2D eigenvalue weighted by Crippen LogP contribution is -2.29. The van der Waals surface area contributed by atoms with Crippen LogP contribution < -0.4 is 5.32 Å². The van der Waals surface area contributed by atoms with Crippen molar-refractivity contribution in [2.24, 2.45) is 5.92 Å². The second-order valence-electron chi connectivity index (χ2n) is 4.52. The van der Waals surface area contributed by atoms with Crippen LogP contribution in [0.2, 0.25) is 0 Å². The van der Waals surface area contributed by atoms with Gasteiger partial charge in [-0.3, -0.25) is 4.79 Å². The summed E-state index contributed by atoms with van der Waals surface area (Å²) < 4.78 is 5.25. The SMILES string of the molecule is CC(CNCc1ccccc1)OC(=O)C(C)C. The molecule has 0 aliphatic carbocycles. The van der Waals surface area contributed by atoms with E-state index in [1.165, 1.54) is 5.56 Å². The van der Waals surface area contributed by atoms with E-state index in [1.807, 2.05) is 39.0 Å². The minimum atomic E-state index is -0.140. The zero-order chi connectivity index (χ0) is 12.7. The maximum Gasteiger partial charge on any atom is 0.308 e. The molecule has 1 N–H and O–H groups in total. The van der Waals surface area contributed by atoms with Gasteiger partial charge in [0.05, 0.1) is 5.92 Å². The molecule has 0 aromatic heterocycles. The van der Waals surface area contributed by atoms with E-state index in [4.69, 9.17) is 4.74 Å². The van der Waals surface area contributed by atoms with E-state index >= 15 is 0 Å². The van der Waals surface area contributed by atoms with Gasteiger partial charge in [0.1, 0.15) is 6.10 Å². The fourth-order valence-corrected chi connectivity index (χ4v) is 1.39. The van der Waals surface area contributed by atoms with Crippen molar-refractivity contribution in [1.29, 1.82) is 0 Å². The molecule has 0 radical (unpaired) electrons.